The summed E-state index contributed by atoms with van der Waals surface area (Å²) in [7, 11) is 0. The molecule has 3 amide bonds. The number of carbonyl (C=O) groups is 4. The Balaban J connectivity index is 2.41. The molecule has 0 bridgehead atoms. The quantitative estimate of drug-likeness (QED) is 0.134. The van der Waals surface area contributed by atoms with Crippen LogP contribution < -0.4 is 5.32 Å². The van der Waals surface area contributed by atoms with E-state index in [1.807, 2.05) is 27.7 Å². The fourth-order valence-electron chi connectivity index (χ4n) is 5.88. The van der Waals surface area contributed by atoms with Crippen molar-refractivity contribution in [2.24, 2.45) is 23.7 Å². The highest BCUT2D eigenvalue weighted by Crippen LogP contribution is 2.31. The molecule has 0 unspecified atom stereocenters. The first-order valence-electron chi connectivity index (χ1n) is 17.0. The summed E-state index contributed by atoms with van der Waals surface area (Å²) < 4.78 is 5.65. The summed E-state index contributed by atoms with van der Waals surface area (Å²) in [5.74, 6) is -2.95. The molecule has 11 nitrogen and oxygen atoms in total. The number of aliphatic hydroxyl groups is 1. The molecule has 0 radical (unpaired) electrons. The first-order chi connectivity index (χ1) is 21.5. The van der Waals surface area contributed by atoms with Gasteiger partial charge in [-0.05, 0) is 57.8 Å². The standard InChI is InChI=1S/C34H58N4O7S/c1-10-12-13-14-16-37(25(21(3)4)19-26(39)30-35-24(20-46-30)32(42)43)31(41)28(23(6)11-2)29(40)36-27-18-22(5)15-17-38(27)33(44)45-34(7,8)9/h20-23,25-28,39H,10-19H2,1-9H3,(H,36,40)(H,42,43)/t22-,23+,25-,26-,27-,28+/m1/s1. The molecule has 0 aromatic carbocycles. The molecule has 262 valence electrons. The summed E-state index contributed by atoms with van der Waals surface area (Å²) in [5, 5.41) is 25.2. The highest BCUT2D eigenvalue weighted by molar-refractivity contribution is 7.09. The van der Waals surface area contributed by atoms with Crippen molar-refractivity contribution in [3.63, 3.8) is 0 Å². The molecule has 12 heteroatoms. The minimum atomic E-state index is -1.16. The van der Waals surface area contributed by atoms with Gasteiger partial charge in [-0.15, -0.1) is 11.3 Å². The third-order valence-electron chi connectivity index (χ3n) is 8.76. The first kappa shape index (κ1) is 39.4. The third-order valence-corrected chi connectivity index (χ3v) is 9.71. The number of hydrogen-bond donors (Lipinski definition) is 3. The van der Waals surface area contributed by atoms with E-state index in [0.717, 1.165) is 43.4 Å². The second-order valence-electron chi connectivity index (χ2n) is 14.2. The number of rotatable bonds is 16. The lowest BCUT2D eigenvalue weighted by Crippen LogP contribution is -2.59. The van der Waals surface area contributed by atoms with Crippen molar-refractivity contribution in [3.8, 4) is 0 Å². The molecule has 0 spiro atoms. The van der Waals surface area contributed by atoms with Crippen LogP contribution in [0.1, 0.15) is 135 Å². The van der Waals surface area contributed by atoms with Gasteiger partial charge in [0.2, 0.25) is 11.8 Å². The van der Waals surface area contributed by atoms with Gasteiger partial charge in [0.15, 0.2) is 5.69 Å². The summed E-state index contributed by atoms with van der Waals surface area (Å²) >= 11 is 1.08. The number of likely N-dealkylation sites (tertiary alicyclic amines) is 1. The number of aliphatic hydroxyl groups excluding tert-OH is 1. The van der Waals surface area contributed by atoms with E-state index in [4.69, 9.17) is 4.74 Å². The lowest BCUT2D eigenvalue weighted by atomic mass is 9.86. The molecule has 46 heavy (non-hydrogen) atoms. The highest BCUT2D eigenvalue weighted by atomic mass is 32.1. The van der Waals surface area contributed by atoms with Crippen molar-refractivity contribution in [1.82, 2.24) is 20.1 Å². The SMILES string of the molecule is CCCCCCN(C(=O)[C@H](C(=O)N[C@H]1C[C@H](C)CCN1C(=O)OC(C)(C)C)[C@@H](C)CC)[C@H](C[C@@H](O)c1nc(C(=O)O)cs1)C(C)C. The molecule has 1 aromatic heterocycles. The number of aromatic carboxylic acids is 1. The van der Waals surface area contributed by atoms with Gasteiger partial charge in [-0.1, -0.05) is 67.2 Å². The number of nitrogens with one attached hydrogen (secondary N) is 1. The monoisotopic (exact) mass is 666 g/mol. The predicted octanol–water partition coefficient (Wildman–Crippen LogP) is 6.47. The van der Waals surface area contributed by atoms with Crippen LogP contribution in [0.25, 0.3) is 0 Å². The molecule has 0 saturated carbocycles. The largest absolute Gasteiger partial charge is 0.476 e. The van der Waals surface area contributed by atoms with Crippen molar-refractivity contribution < 1.29 is 34.1 Å². The second kappa shape index (κ2) is 18.0. The number of hydrogen-bond acceptors (Lipinski definition) is 8. The number of unbranched alkanes of at least 4 members (excludes halogenated alkanes) is 3. The van der Waals surface area contributed by atoms with Crippen molar-refractivity contribution in [2.45, 2.75) is 138 Å². The number of carboxylic acids is 1. The molecule has 3 N–H and O–H groups in total. The van der Waals surface area contributed by atoms with E-state index in [1.165, 1.54) is 5.38 Å². The summed E-state index contributed by atoms with van der Waals surface area (Å²) in [6, 6.07) is -0.423. The zero-order chi connectivity index (χ0) is 34.8. The first-order valence-corrected chi connectivity index (χ1v) is 17.9. The van der Waals surface area contributed by atoms with Crippen LogP contribution in [0.4, 0.5) is 4.79 Å². The van der Waals surface area contributed by atoms with Crippen LogP contribution in [0.2, 0.25) is 0 Å². The lowest BCUT2D eigenvalue weighted by Gasteiger charge is -2.41. The number of nitrogens with zero attached hydrogens (tertiary/aromatic N) is 3. The van der Waals surface area contributed by atoms with Crippen LogP contribution in [0.3, 0.4) is 0 Å². The van der Waals surface area contributed by atoms with E-state index in [1.54, 1.807) is 30.6 Å². The molecule has 1 aromatic rings. The van der Waals surface area contributed by atoms with E-state index in [0.29, 0.717) is 25.9 Å². The number of ether oxygens (including phenoxy) is 1. The summed E-state index contributed by atoms with van der Waals surface area (Å²) in [6.45, 7) is 18.3. The average Bonchev–Trinajstić information content (AvgIpc) is 3.46. The molecule has 1 saturated heterocycles. The molecule has 2 heterocycles. The van der Waals surface area contributed by atoms with Gasteiger partial charge in [-0.25, -0.2) is 14.6 Å². The van der Waals surface area contributed by atoms with E-state index < -0.39 is 47.8 Å². The fraction of sp³-hybridized carbons (Fsp3) is 0.794. The summed E-state index contributed by atoms with van der Waals surface area (Å²) in [6.07, 6.45) is 3.66. The number of carboxylic acid groups (broad SMARTS) is 1. The Morgan fingerprint density at radius 2 is 1.83 bits per heavy atom. The van der Waals surface area contributed by atoms with E-state index in [2.05, 4.69) is 24.1 Å². The third kappa shape index (κ3) is 11.5. The Bertz CT molecular complexity index is 1150. The van der Waals surface area contributed by atoms with Gasteiger partial charge in [0, 0.05) is 30.9 Å². The minimum absolute atomic E-state index is 0.0637. The Morgan fingerprint density at radius 1 is 1.15 bits per heavy atom. The van der Waals surface area contributed by atoms with Gasteiger partial charge in [0.05, 0.1) is 0 Å². The lowest BCUT2D eigenvalue weighted by molar-refractivity contribution is -0.148. The number of carbonyl (C=O) groups excluding carboxylic acids is 3. The van der Waals surface area contributed by atoms with Gasteiger partial charge < -0.3 is 25.2 Å². The molecule has 1 aliphatic heterocycles. The zero-order valence-electron chi connectivity index (χ0n) is 29.4. The van der Waals surface area contributed by atoms with Crippen LogP contribution in [0.5, 0.6) is 0 Å². The van der Waals surface area contributed by atoms with Crippen molar-refractivity contribution in [3.05, 3.63) is 16.1 Å². The number of aromatic nitrogens is 1. The Morgan fingerprint density at radius 3 is 2.37 bits per heavy atom. The molecule has 0 aliphatic carbocycles. The van der Waals surface area contributed by atoms with Crippen LogP contribution >= 0.6 is 11.3 Å². The number of piperidine rings is 1. The topological polar surface area (TPSA) is 149 Å². The van der Waals surface area contributed by atoms with Gasteiger partial charge in [0.25, 0.3) is 0 Å². The second-order valence-corrected chi connectivity index (χ2v) is 15.1. The van der Waals surface area contributed by atoms with Crippen LogP contribution in [-0.4, -0.2) is 79.8 Å². The number of thiazole rings is 1. The molecule has 1 aliphatic rings. The molecule has 6 atom stereocenters. The zero-order valence-corrected chi connectivity index (χ0v) is 30.2. The van der Waals surface area contributed by atoms with Crippen LogP contribution in [0, 0.1) is 23.7 Å². The smallest absolute Gasteiger partial charge is 0.411 e. The normalized spacial score (nSPS) is 19.7. The molecule has 1 fully saturated rings. The maximum Gasteiger partial charge on any atom is 0.411 e. The maximum absolute atomic E-state index is 14.6. The molecular formula is C34H58N4O7S. The van der Waals surface area contributed by atoms with Gasteiger partial charge in [-0.2, -0.15) is 0 Å². The van der Waals surface area contributed by atoms with Crippen molar-refractivity contribution >= 4 is 35.2 Å². The maximum atomic E-state index is 14.6. The summed E-state index contributed by atoms with van der Waals surface area (Å²) in [4.78, 5) is 60.7. The Labute approximate surface area is 279 Å². The average molecular weight is 667 g/mol. The van der Waals surface area contributed by atoms with Crippen molar-refractivity contribution in [1.29, 1.82) is 0 Å². The molecular weight excluding hydrogens is 608 g/mol. The Hall–Kier alpha value is -2.73. The predicted molar refractivity (Wildman–Crippen MR) is 179 cm³/mol. The van der Waals surface area contributed by atoms with Gasteiger partial charge in [0.1, 0.15) is 28.8 Å². The highest BCUT2D eigenvalue weighted by Gasteiger charge is 2.41. The minimum Gasteiger partial charge on any atom is -0.476 e. The van der Waals surface area contributed by atoms with Gasteiger partial charge in [-0.3, -0.25) is 14.5 Å². The van der Waals surface area contributed by atoms with E-state index >= 15 is 0 Å². The van der Waals surface area contributed by atoms with Gasteiger partial charge >= 0.3 is 12.1 Å². The van der Waals surface area contributed by atoms with Crippen LogP contribution in [-0.2, 0) is 14.3 Å². The molecule has 2 rings (SSSR count). The Kier molecular flexibility index (Phi) is 15.4. The summed E-state index contributed by atoms with van der Waals surface area (Å²) in [5.41, 5.74) is -0.814. The van der Waals surface area contributed by atoms with Crippen molar-refractivity contribution in [2.75, 3.05) is 13.1 Å². The van der Waals surface area contributed by atoms with E-state index in [9.17, 15) is 29.4 Å². The fourth-order valence-corrected chi connectivity index (χ4v) is 6.67. The van der Waals surface area contributed by atoms with E-state index in [-0.39, 0.29) is 40.8 Å². The number of amides is 3. The van der Waals surface area contributed by atoms with Crippen LogP contribution in [0.15, 0.2) is 5.38 Å².